The zero-order chi connectivity index (χ0) is 20.1. The Morgan fingerprint density at radius 2 is 1.79 bits per heavy atom. The van der Waals surface area contributed by atoms with Crippen molar-refractivity contribution in [1.29, 1.82) is 0 Å². The van der Waals surface area contributed by atoms with Crippen LogP contribution >= 0.6 is 0 Å². The van der Waals surface area contributed by atoms with Gasteiger partial charge in [-0.05, 0) is 42.7 Å². The number of rotatable bonds is 6. The molecule has 6 heteroatoms. The average Bonchev–Trinajstić information content (AvgIpc) is 3.23. The Morgan fingerprint density at radius 1 is 1.07 bits per heavy atom. The van der Waals surface area contributed by atoms with Gasteiger partial charge < -0.3 is 14.4 Å². The highest BCUT2D eigenvalue weighted by Crippen LogP contribution is 2.27. The lowest BCUT2D eigenvalue weighted by molar-refractivity contribution is -0.130. The van der Waals surface area contributed by atoms with Crippen molar-refractivity contribution in [2.24, 2.45) is 0 Å². The fourth-order valence-corrected chi connectivity index (χ4v) is 3.96. The van der Waals surface area contributed by atoms with Crippen LogP contribution in [0, 0.1) is 0 Å². The summed E-state index contributed by atoms with van der Waals surface area (Å²) >= 11 is 0. The number of para-hydroxylation sites is 1. The van der Waals surface area contributed by atoms with Gasteiger partial charge in [0, 0.05) is 63.1 Å². The summed E-state index contributed by atoms with van der Waals surface area (Å²) in [6, 6.07) is 14.1. The third-order valence-corrected chi connectivity index (χ3v) is 5.63. The molecule has 2 aromatic heterocycles. The molecule has 1 aliphatic heterocycles. The summed E-state index contributed by atoms with van der Waals surface area (Å²) in [5.41, 5.74) is 2.28. The maximum atomic E-state index is 12.7. The molecule has 0 spiro atoms. The number of hydrogen-bond donors (Lipinski definition) is 0. The number of carbonyl (C=O) groups is 1. The maximum absolute atomic E-state index is 12.7. The summed E-state index contributed by atoms with van der Waals surface area (Å²) in [4.78, 5) is 25.5. The van der Waals surface area contributed by atoms with E-state index in [1.807, 2.05) is 84.1 Å². The lowest BCUT2D eigenvalue weighted by atomic mass is 9.95. The van der Waals surface area contributed by atoms with Gasteiger partial charge in [0.1, 0.15) is 5.82 Å². The molecule has 3 heterocycles. The molecule has 0 unspecified atom stereocenters. The van der Waals surface area contributed by atoms with E-state index < -0.39 is 0 Å². The fraction of sp³-hybridized carbons (Fsp3) is 0.348. The number of piperidine rings is 1. The fourth-order valence-electron chi connectivity index (χ4n) is 3.96. The van der Waals surface area contributed by atoms with Crippen LogP contribution in [0.3, 0.4) is 0 Å². The van der Waals surface area contributed by atoms with Crippen LogP contribution in [-0.2, 0) is 11.3 Å². The van der Waals surface area contributed by atoms with E-state index in [9.17, 15) is 4.79 Å². The minimum atomic E-state index is 0.190. The highest BCUT2D eigenvalue weighted by molar-refractivity contribution is 5.81. The molecular formula is C23H27N5O. The Labute approximate surface area is 171 Å². The first-order chi connectivity index (χ1) is 14.2. The number of anilines is 1. The molecule has 6 nitrogen and oxygen atoms in total. The second kappa shape index (κ2) is 8.90. The van der Waals surface area contributed by atoms with Gasteiger partial charge in [-0.2, -0.15) is 0 Å². The van der Waals surface area contributed by atoms with E-state index in [0.29, 0.717) is 12.5 Å². The van der Waals surface area contributed by atoms with Crippen molar-refractivity contribution < 1.29 is 4.79 Å². The van der Waals surface area contributed by atoms with E-state index in [1.165, 1.54) is 5.56 Å². The molecule has 1 fully saturated rings. The standard InChI is InChI=1S/C23H27N5O/c1-26(21-5-3-2-4-6-21)18-22(29)27-14-9-20(10-15-27)23-25-13-16-28(23)17-19-7-11-24-12-8-19/h2-8,11-13,16,20H,9-10,14-15,17-18H2,1H3. The SMILES string of the molecule is CN(CC(=O)N1CCC(c2nccn2Cc2ccncc2)CC1)c1ccccc1. The van der Waals surface area contributed by atoms with Crippen molar-refractivity contribution in [3.63, 3.8) is 0 Å². The molecule has 1 saturated heterocycles. The summed E-state index contributed by atoms with van der Waals surface area (Å²) in [6.45, 7) is 2.78. The predicted molar refractivity (Wildman–Crippen MR) is 114 cm³/mol. The molecule has 0 atom stereocenters. The van der Waals surface area contributed by atoms with Gasteiger partial charge in [0.25, 0.3) is 0 Å². The van der Waals surface area contributed by atoms with E-state index in [-0.39, 0.29) is 5.91 Å². The zero-order valence-corrected chi connectivity index (χ0v) is 16.8. The van der Waals surface area contributed by atoms with Gasteiger partial charge in [0.15, 0.2) is 0 Å². The predicted octanol–water partition coefficient (Wildman–Crippen LogP) is 3.17. The van der Waals surface area contributed by atoms with Crippen LogP contribution in [0.2, 0.25) is 0 Å². The molecule has 0 radical (unpaired) electrons. The van der Waals surface area contributed by atoms with Crippen molar-refractivity contribution >= 4 is 11.6 Å². The highest BCUT2D eigenvalue weighted by atomic mass is 16.2. The monoisotopic (exact) mass is 389 g/mol. The summed E-state index contributed by atoms with van der Waals surface area (Å²) in [6.07, 6.45) is 9.47. The quantitative estimate of drug-likeness (QED) is 0.650. The second-order valence-electron chi connectivity index (χ2n) is 7.62. The zero-order valence-electron chi connectivity index (χ0n) is 16.8. The molecule has 3 aromatic rings. The van der Waals surface area contributed by atoms with Gasteiger partial charge in [-0.15, -0.1) is 0 Å². The lowest BCUT2D eigenvalue weighted by Crippen LogP contribution is -2.43. The first kappa shape index (κ1) is 19.2. The molecule has 0 saturated carbocycles. The number of hydrogen-bond acceptors (Lipinski definition) is 4. The summed E-state index contributed by atoms with van der Waals surface area (Å²) in [7, 11) is 1.97. The van der Waals surface area contributed by atoms with Gasteiger partial charge in [-0.3, -0.25) is 9.78 Å². The van der Waals surface area contributed by atoms with Crippen LogP contribution in [0.5, 0.6) is 0 Å². The number of amides is 1. The first-order valence-electron chi connectivity index (χ1n) is 10.1. The Morgan fingerprint density at radius 3 is 2.52 bits per heavy atom. The van der Waals surface area contributed by atoms with Crippen LogP contribution in [0.1, 0.15) is 30.1 Å². The summed E-state index contributed by atoms with van der Waals surface area (Å²) < 4.78 is 2.22. The number of aromatic nitrogens is 3. The minimum absolute atomic E-state index is 0.190. The van der Waals surface area contributed by atoms with Gasteiger partial charge in [-0.25, -0.2) is 4.98 Å². The van der Waals surface area contributed by atoms with Crippen molar-refractivity contribution in [3.05, 3.63) is 78.6 Å². The molecule has 0 N–H and O–H groups in total. The van der Waals surface area contributed by atoms with E-state index in [0.717, 1.165) is 44.0 Å². The van der Waals surface area contributed by atoms with E-state index in [4.69, 9.17) is 0 Å². The third kappa shape index (κ3) is 4.65. The molecule has 0 bridgehead atoms. The van der Waals surface area contributed by atoms with Gasteiger partial charge >= 0.3 is 0 Å². The van der Waals surface area contributed by atoms with Crippen molar-refractivity contribution in [2.75, 3.05) is 31.6 Å². The maximum Gasteiger partial charge on any atom is 0.242 e. The Balaban J connectivity index is 1.33. The Kier molecular flexibility index (Phi) is 5.89. The van der Waals surface area contributed by atoms with E-state index in [2.05, 4.69) is 14.5 Å². The minimum Gasteiger partial charge on any atom is -0.365 e. The summed E-state index contributed by atoms with van der Waals surface area (Å²) in [5.74, 6) is 1.70. The average molecular weight is 390 g/mol. The summed E-state index contributed by atoms with van der Waals surface area (Å²) in [5, 5.41) is 0. The Bertz CT molecular complexity index is 917. The van der Waals surface area contributed by atoms with Crippen LogP contribution in [0.25, 0.3) is 0 Å². The second-order valence-corrected chi connectivity index (χ2v) is 7.62. The number of likely N-dealkylation sites (tertiary alicyclic amines) is 1. The number of pyridine rings is 1. The van der Waals surface area contributed by atoms with Crippen molar-refractivity contribution in [3.8, 4) is 0 Å². The first-order valence-corrected chi connectivity index (χ1v) is 10.1. The normalized spacial score (nSPS) is 14.7. The largest absolute Gasteiger partial charge is 0.365 e. The topological polar surface area (TPSA) is 54.3 Å². The van der Waals surface area contributed by atoms with Crippen LogP contribution in [0.4, 0.5) is 5.69 Å². The molecule has 1 aromatic carbocycles. The molecule has 150 valence electrons. The van der Waals surface area contributed by atoms with Crippen LogP contribution < -0.4 is 4.90 Å². The molecule has 0 aliphatic carbocycles. The highest BCUT2D eigenvalue weighted by Gasteiger charge is 2.26. The van der Waals surface area contributed by atoms with Gasteiger partial charge in [0.2, 0.25) is 5.91 Å². The van der Waals surface area contributed by atoms with Crippen LogP contribution in [0.15, 0.2) is 67.3 Å². The number of carbonyl (C=O) groups excluding carboxylic acids is 1. The number of nitrogens with zero attached hydrogens (tertiary/aromatic N) is 5. The third-order valence-electron chi connectivity index (χ3n) is 5.63. The van der Waals surface area contributed by atoms with Gasteiger partial charge in [-0.1, -0.05) is 18.2 Å². The molecule has 29 heavy (non-hydrogen) atoms. The number of likely N-dealkylation sites (N-methyl/N-ethyl adjacent to an activating group) is 1. The molecular weight excluding hydrogens is 362 g/mol. The molecule has 4 rings (SSSR count). The van der Waals surface area contributed by atoms with Crippen molar-refractivity contribution in [2.45, 2.75) is 25.3 Å². The smallest absolute Gasteiger partial charge is 0.242 e. The van der Waals surface area contributed by atoms with Crippen LogP contribution in [-0.4, -0.2) is 52.0 Å². The Hall–Kier alpha value is -3.15. The number of benzene rings is 1. The molecule has 1 amide bonds. The van der Waals surface area contributed by atoms with E-state index in [1.54, 1.807) is 0 Å². The van der Waals surface area contributed by atoms with Crippen molar-refractivity contribution in [1.82, 2.24) is 19.4 Å². The lowest BCUT2D eigenvalue weighted by Gasteiger charge is -2.33. The number of imidazole rings is 1. The van der Waals surface area contributed by atoms with Gasteiger partial charge in [0.05, 0.1) is 6.54 Å². The molecule has 1 aliphatic rings. The van der Waals surface area contributed by atoms with E-state index >= 15 is 0 Å².